The molecule has 1 saturated heterocycles. The van der Waals surface area contributed by atoms with Crippen molar-refractivity contribution in [1.29, 1.82) is 0 Å². The normalized spacial score (nSPS) is 14.0. The van der Waals surface area contributed by atoms with Crippen molar-refractivity contribution in [1.82, 2.24) is 10.3 Å². The second-order valence-corrected chi connectivity index (χ2v) is 6.05. The molecule has 6 heteroatoms. The Bertz CT molecular complexity index is 753. The van der Waals surface area contributed by atoms with Crippen LogP contribution in [0.15, 0.2) is 55.3 Å². The van der Waals surface area contributed by atoms with Crippen molar-refractivity contribution in [3.05, 3.63) is 60.8 Å². The molecule has 0 radical (unpaired) electrons. The highest BCUT2D eigenvalue weighted by Gasteiger charge is 2.20. The fourth-order valence-electron chi connectivity index (χ4n) is 3.04. The van der Waals surface area contributed by atoms with Crippen LogP contribution in [-0.2, 0) is 0 Å². The van der Waals surface area contributed by atoms with Gasteiger partial charge in [-0.25, -0.2) is 4.98 Å². The third-order valence-corrected chi connectivity index (χ3v) is 4.45. The van der Waals surface area contributed by atoms with E-state index in [0.29, 0.717) is 12.1 Å². The van der Waals surface area contributed by atoms with Gasteiger partial charge in [-0.15, -0.1) is 6.58 Å². The van der Waals surface area contributed by atoms with Crippen molar-refractivity contribution in [3.63, 3.8) is 0 Å². The number of hydrogen-bond donors (Lipinski definition) is 1. The summed E-state index contributed by atoms with van der Waals surface area (Å²) in [6.45, 7) is 7.56. The quantitative estimate of drug-likeness (QED) is 0.809. The zero-order valence-electron chi connectivity index (χ0n) is 15.0. The van der Waals surface area contributed by atoms with E-state index in [1.54, 1.807) is 19.4 Å². The summed E-state index contributed by atoms with van der Waals surface area (Å²) in [6, 6.07) is 11.8. The zero-order chi connectivity index (χ0) is 18.4. The Morgan fingerprint density at radius 1 is 1.19 bits per heavy atom. The lowest BCUT2D eigenvalue weighted by Crippen LogP contribution is -2.47. The molecule has 0 unspecified atom stereocenters. The molecule has 2 aromatic rings. The topological polar surface area (TPSA) is 57.7 Å². The van der Waals surface area contributed by atoms with Gasteiger partial charge in [0, 0.05) is 38.9 Å². The van der Waals surface area contributed by atoms with Crippen LogP contribution >= 0.6 is 0 Å². The minimum Gasteiger partial charge on any atom is -0.495 e. The van der Waals surface area contributed by atoms with Crippen LogP contribution in [0, 0.1) is 0 Å². The van der Waals surface area contributed by atoms with Gasteiger partial charge in [-0.3, -0.25) is 4.79 Å². The van der Waals surface area contributed by atoms with Gasteiger partial charge >= 0.3 is 0 Å². The van der Waals surface area contributed by atoms with E-state index in [9.17, 15) is 4.79 Å². The van der Waals surface area contributed by atoms with Gasteiger partial charge in [0.15, 0.2) is 0 Å². The number of ether oxygens (including phenoxy) is 1. The first-order valence-electron chi connectivity index (χ1n) is 8.71. The number of hydrogen-bond acceptors (Lipinski definition) is 5. The molecule has 0 saturated carbocycles. The summed E-state index contributed by atoms with van der Waals surface area (Å²) < 4.78 is 5.46. The number of pyridine rings is 1. The number of carbonyl (C=O) groups is 1. The molecule has 1 fully saturated rings. The first-order chi connectivity index (χ1) is 12.7. The fourth-order valence-corrected chi connectivity index (χ4v) is 3.04. The highest BCUT2D eigenvalue weighted by atomic mass is 16.5. The van der Waals surface area contributed by atoms with Crippen LogP contribution < -0.4 is 19.9 Å². The van der Waals surface area contributed by atoms with E-state index in [0.717, 1.165) is 43.4 Å². The van der Waals surface area contributed by atoms with Gasteiger partial charge in [0.1, 0.15) is 11.6 Å². The molecule has 1 aromatic heterocycles. The molecular weight excluding hydrogens is 328 g/mol. The van der Waals surface area contributed by atoms with Crippen LogP contribution in [-0.4, -0.2) is 50.7 Å². The lowest BCUT2D eigenvalue weighted by molar-refractivity contribution is 0.0957. The van der Waals surface area contributed by atoms with E-state index in [4.69, 9.17) is 4.74 Å². The van der Waals surface area contributed by atoms with Gasteiger partial charge in [-0.05, 0) is 24.3 Å². The Hall–Kier alpha value is -3.02. The maximum atomic E-state index is 11.9. The lowest BCUT2D eigenvalue weighted by Gasteiger charge is -2.37. The second kappa shape index (κ2) is 8.38. The Balaban J connectivity index is 1.61. The third-order valence-electron chi connectivity index (χ3n) is 4.45. The average Bonchev–Trinajstić information content (AvgIpc) is 2.72. The van der Waals surface area contributed by atoms with Crippen LogP contribution in [0.2, 0.25) is 0 Å². The van der Waals surface area contributed by atoms with Crippen LogP contribution in [0.3, 0.4) is 0 Å². The molecule has 0 spiro atoms. The van der Waals surface area contributed by atoms with Crippen LogP contribution in [0.25, 0.3) is 0 Å². The summed E-state index contributed by atoms with van der Waals surface area (Å²) >= 11 is 0. The van der Waals surface area contributed by atoms with E-state index in [1.165, 1.54) is 0 Å². The summed E-state index contributed by atoms with van der Waals surface area (Å²) in [4.78, 5) is 20.9. The van der Waals surface area contributed by atoms with Gasteiger partial charge in [0.05, 0.1) is 18.4 Å². The van der Waals surface area contributed by atoms with Crippen molar-refractivity contribution < 1.29 is 9.53 Å². The van der Waals surface area contributed by atoms with Crippen molar-refractivity contribution in [2.75, 3.05) is 49.6 Å². The monoisotopic (exact) mass is 352 g/mol. The molecule has 136 valence electrons. The van der Waals surface area contributed by atoms with E-state index >= 15 is 0 Å². The molecule has 1 amide bonds. The van der Waals surface area contributed by atoms with Crippen LogP contribution in [0.5, 0.6) is 5.75 Å². The van der Waals surface area contributed by atoms with Crippen LogP contribution in [0.4, 0.5) is 11.5 Å². The van der Waals surface area contributed by atoms with Gasteiger partial charge in [-0.2, -0.15) is 0 Å². The predicted molar refractivity (Wildman–Crippen MR) is 104 cm³/mol. The average molecular weight is 352 g/mol. The van der Waals surface area contributed by atoms with Crippen molar-refractivity contribution >= 4 is 17.4 Å². The summed E-state index contributed by atoms with van der Waals surface area (Å²) in [6.07, 6.45) is 3.28. The number of nitrogens with zero attached hydrogens (tertiary/aromatic N) is 3. The first-order valence-corrected chi connectivity index (χ1v) is 8.71. The Labute approximate surface area is 154 Å². The second-order valence-electron chi connectivity index (χ2n) is 6.05. The van der Waals surface area contributed by atoms with Gasteiger partial charge in [-0.1, -0.05) is 18.2 Å². The standard InChI is InChI=1S/C20H24N4O2/c1-3-10-21-20(25)16-8-9-19(22-15-16)24-13-11-23(12-14-24)17-6-4-5-7-18(17)26-2/h3-9,15H,1,10-14H2,2H3,(H,21,25). The highest BCUT2D eigenvalue weighted by Crippen LogP contribution is 2.28. The number of para-hydroxylation sites is 2. The fraction of sp³-hybridized carbons (Fsp3) is 0.300. The summed E-state index contributed by atoms with van der Waals surface area (Å²) in [5.41, 5.74) is 1.68. The molecule has 0 atom stereocenters. The summed E-state index contributed by atoms with van der Waals surface area (Å²) in [7, 11) is 1.70. The number of nitrogens with one attached hydrogen (secondary N) is 1. The number of methoxy groups -OCH3 is 1. The summed E-state index contributed by atoms with van der Waals surface area (Å²) in [5.74, 6) is 1.66. The maximum Gasteiger partial charge on any atom is 0.253 e. The molecule has 0 bridgehead atoms. The number of anilines is 2. The van der Waals surface area contributed by atoms with Crippen molar-refractivity contribution in [2.45, 2.75) is 0 Å². The van der Waals surface area contributed by atoms with Crippen molar-refractivity contribution in [3.8, 4) is 5.75 Å². The van der Waals surface area contributed by atoms with Gasteiger partial charge < -0.3 is 19.9 Å². The molecule has 6 nitrogen and oxygen atoms in total. The van der Waals surface area contributed by atoms with E-state index in [-0.39, 0.29) is 5.91 Å². The number of benzene rings is 1. The predicted octanol–water partition coefficient (Wildman–Crippen LogP) is 2.33. The zero-order valence-corrected chi connectivity index (χ0v) is 15.0. The number of rotatable bonds is 6. The molecule has 1 aliphatic rings. The number of carbonyl (C=O) groups excluding carboxylic acids is 1. The number of piperazine rings is 1. The van der Waals surface area contributed by atoms with Gasteiger partial charge in [0.25, 0.3) is 5.91 Å². The minimum absolute atomic E-state index is 0.134. The molecule has 0 aliphatic carbocycles. The minimum atomic E-state index is -0.134. The van der Waals surface area contributed by atoms with E-state index in [2.05, 4.69) is 32.7 Å². The molecule has 1 aromatic carbocycles. The Morgan fingerprint density at radius 3 is 2.58 bits per heavy atom. The largest absolute Gasteiger partial charge is 0.495 e. The highest BCUT2D eigenvalue weighted by molar-refractivity contribution is 5.94. The third kappa shape index (κ3) is 3.96. The van der Waals surface area contributed by atoms with E-state index < -0.39 is 0 Å². The molecular formula is C20H24N4O2. The van der Waals surface area contributed by atoms with Gasteiger partial charge in [0.2, 0.25) is 0 Å². The molecule has 3 rings (SSSR count). The molecule has 2 heterocycles. The van der Waals surface area contributed by atoms with Crippen molar-refractivity contribution in [2.24, 2.45) is 0 Å². The maximum absolute atomic E-state index is 11.9. The Morgan fingerprint density at radius 2 is 1.92 bits per heavy atom. The summed E-state index contributed by atoms with van der Waals surface area (Å²) in [5, 5.41) is 2.75. The first kappa shape index (κ1) is 17.8. The lowest BCUT2D eigenvalue weighted by atomic mass is 10.2. The smallest absolute Gasteiger partial charge is 0.253 e. The van der Waals surface area contributed by atoms with E-state index in [1.807, 2.05) is 30.3 Å². The Kier molecular flexibility index (Phi) is 5.73. The SMILES string of the molecule is C=CCNC(=O)c1ccc(N2CCN(c3ccccc3OC)CC2)nc1. The number of aromatic nitrogens is 1. The molecule has 1 N–H and O–H groups in total. The number of amides is 1. The van der Waals surface area contributed by atoms with Crippen LogP contribution in [0.1, 0.15) is 10.4 Å². The molecule has 1 aliphatic heterocycles. The molecule has 26 heavy (non-hydrogen) atoms.